The minimum atomic E-state index is -0.250. The smallest absolute Gasteiger partial charge is 0.273 e. The molecule has 0 bridgehead atoms. The number of H-pyrrole nitrogens is 1. The normalized spacial score (nSPS) is 10.3. The Labute approximate surface area is 119 Å². The number of carbonyl (C=O) groups excluding carboxylic acids is 2. The molecule has 0 aliphatic rings. The van der Waals surface area contributed by atoms with Crippen molar-refractivity contribution in [2.75, 3.05) is 12.4 Å². The van der Waals surface area contributed by atoms with Crippen molar-refractivity contribution >= 4 is 28.3 Å². The van der Waals surface area contributed by atoms with E-state index in [1.165, 1.54) is 23.2 Å². The molecule has 20 heavy (non-hydrogen) atoms. The van der Waals surface area contributed by atoms with E-state index in [9.17, 15) is 9.59 Å². The van der Waals surface area contributed by atoms with Gasteiger partial charge in [0.1, 0.15) is 11.5 Å². The Bertz CT molecular complexity index is 634. The SMILES string of the molecule is CC(=O)Nc1nc(C(=O)N(C)Cc2n[nH]c(C)n2)cs1. The van der Waals surface area contributed by atoms with E-state index in [0.717, 1.165) is 0 Å². The lowest BCUT2D eigenvalue weighted by molar-refractivity contribution is -0.114. The monoisotopic (exact) mass is 294 g/mol. The standard InChI is InChI=1S/C11H14N6O2S/c1-6-12-9(16-15-6)4-17(3)10(19)8-5-20-11(14-8)13-7(2)18/h5H,4H2,1-3H3,(H,12,15,16)(H,13,14,18). The highest BCUT2D eigenvalue weighted by atomic mass is 32.1. The van der Waals surface area contributed by atoms with E-state index in [4.69, 9.17) is 0 Å². The Morgan fingerprint density at radius 2 is 2.20 bits per heavy atom. The lowest BCUT2D eigenvalue weighted by Gasteiger charge is -2.13. The molecular formula is C11H14N6O2S. The van der Waals surface area contributed by atoms with Crippen molar-refractivity contribution in [2.24, 2.45) is 0 Å². The minimum Gasteiger partial charge on any atom is -0.333 e. The van der Waals surface area contributed by atoms with Gasteiger partial charge in [0.05, 0.1) is 6.54 Å². The highest BCUT2D eigenvalue weighted by molar-refractivity contribution is 7.14. The number of anilines is 1. The maximum Gasteiger partial charge on any atom is 0.273 e. The Morgan fingerprint density at radius 1 is 1.45 bits per heavy atom. The predicted molar refractivity (Wildman–Crippen MR) is 73.3 cm³/mol. The highest BCUT2D eigenvalue weighted by Gasteiger charge is 2.17. The van der Waals surface area contributed by atoms with Gasteiger partial charge in [0.25, 0.3) is 5.91 Å². The highest BCUT2D eigenvalue weighted by Crippen LogP contribution is 2.16. The van der Waals surface area contributed by atoms with Gasteiger partial charge in [0, 0.05) is 19.4 Å². The van der Waals surface area contributed by atoms with Gasteiger partial charge < -0.3 is 10.2 Å². The predicted octanol–water partition coefficient (Wildman–Crippen LogP) is 0.800. The number of rotatable bonds is 4. The van der Waals surface area contributed by atoms with Gasteiger partial charge in [-0.15, -0.1) is 11.3 Å². The van der Waals surface area contributed by atoms with Crippen LogP contribution >= 0.6 is 11.3 Å². The molecule has 0 atom stereocenters. The number of aromatic nitrogens is 4. The lowest BCUT2D eigenvalue weighted by Crippen LogP contribution is -2.27. The van der Waals surface area contributed by atoms with Crippen LogP contribution in [0.5, 0.6) is 0 Å². The first-order valence-corrected chi connectivity index (χ1v) is 6.70. The second-order valence-electron chi connectivity index (χ2n) is 4.22. The number of aryl methyl sites for hydroxylation is 1. The van der Waals surface area contributed by atoms with Gasteiger partial charge in [-0.3, -0.25) is 14.7 Å². The molecule has 0 saturated carbocycles. The number of aromatic amines is 1. The molecule has 0 fully saturated rings. The molecule has 0 aromatic carbocycles. The Morgan fingerprint density at radius 3 is 2.80 bits per heavy atom. The third-order valence-electron chi connectivity index (χ3n) is 2.38. The Kier molecular flexibility index (Phi) is 4.08. The van der Waals surface area contributed by atoms with Crippen molar-refractivity contribution in [1.29, 1.82) is 0 Å². The van der Waals surface area contributed by atoms with Crippen LogP contribution < -0.4 is 5.32 Å². The molecule has 0 saturated heterocycles. The van der Waals surface area contributed by atoms with E-state index >= 15 is 0 Å². The average molecular weight is 294 g/mol. The van der Waals surface area contributed by atoms with Crippen molar-refractivity contribution in [1.82, 2.24) is 25.1 Å². The second kappa shape index (κ2) is 5.78. The maximum absolute atomic E-state index is 12.1. The summed E-state index contributed by atoms with van der Waals surface area (Å²) in [5, 5.41) is 11.2. The molecular weight excluding hydrogens is 280 g/mol. The molecule has 2 aromatic rings. The zero-order valence-electron chi connectivity index (χ0n) is 11.3. The first kappa shape index (κ1) is 14.1. The van der Waals surface area contributed by atoms with Crippen LogP contribution in [0.25, 0.3) is 0 Å². The molecule has 2 N–H and O–H groups in total. The summed E-state index contributed by atoms with van der Waals surface area (Å²) in [6.45, 7) is 3.47. The van der Waals surface area contributed by atoms with E-state index in [1.54, 1.807) is 19.4 Å². The summed E-state index contributed by atoms with van der Waals surface area (Å²) in [6.07, 6.45) is 0. The molecule has 0 radical (unpaired) electrons. The van der Waals surface area contributed by atoms with Gasteiger partial charge in [-0.1, -0.05) is 0 Å². The molecule has 2 amide bonds. The summed E-state index contributed by atoms with van der Waals surface area (Å²) in [5.74, 6) is 0.765. The summed E-state index contributed by atoms with van der Waals surface area (Å²) in [5.41, 5.74) is 0.286. The number of nitrogens with zero attached hydrogens (tertiary/aromatic N) is 4. The second-order valence-corrected chi connectivity index (χ2v) is 5.08. The largest absolute Gasteiger partial charge is 0.333 e. The van der Waals surface area contributed by atoms with E-state index in [1.807, 2.05) is 0 Å². The van der Waals surface area contributed by atoms with Crippen molar-refractivity contribution in [3.63, 3.8) is 0 Å². The summed E-state index contributed by atoms with van der Waals surface area (Å²) < 4.78 is 0. The molecule has 0 spiro atoms. The molecule has 2 heterocycles. The number of carbonyl (C=O) groups is 2. The molecule has 9 heteroatoms. The third kappa shape index (κ3) is 3.38. The summed E-state index contributed by atoms with van der Waals surface area (Å²) in [4.78, 5) is 32.7. The molecule has 0 aliphatic heterocycles. The van der Waals surface area contributed by atoms with E-state index in [2.05, 4.69) is 25.5 Å². The van der Waals surface area contributed by atoms with Gasteiger partial charge in [0.15, 0.2) is 11.0 Å². The molecule has 0 aliphatic carbocycles. The van der Waals surface area contributed by atoms with Gasteiger partial charge in [-0.25, -0.2) is 9.97 Å². The average Bonchev–Trinajstić information content (AvgIpc) is 2.97. The lowest BCUT2D eigenvalue weighted by atomic mass is 10.4. The molecule has 106 valence electrons. The summed E-state index contributed by atoms with van der Waals surface area (Å²) in [6, 6.07) is 0. The Balaban J connectivity index is 2.02. The first-order valence-electron chi connectivity index (χ1n) is 5.82. The van der Waals surface area contributed by atoms with Gasteiger partial charge in [-0.05, 0) is 6.92 Å². The van der Waals surface area contributed by atoms with Crippen LogP contribution in [0.1, 0.15) is 29.1 Å². The summed E-state index contributed by atoms with van der Waals surface area (Å²) in [7, 11) is 1.64. The van der Waals surface area contributed by atoms with E-state index in [-0.39, 0.29) is 24.1 Å². The molecule has 8 nitrogen and oxygen atoms in total. The van der Waals surface area contributed by atoms with Crippen LogP contribution in [0.3, 0.4) is 0 Å². The topological polar surface area (TPSA) is 104 Å². The fraction of sp³-hybridized carbons (Fsp3) is 0.364. The van der Waals surface area contributed by atoms with Gasteiger partial charge in [0.2, 0.25) is 5.91 Å². The number of amides is 2. The van der Waals surface area contributed by atoms with E-state index < -0.39 is 0 Å². The van der Waals surface area contributed by atoms with E-state index in [0.29, 0.717) is 16.8 Å². The number of thiazole rings is 1. The van der Waals surface area contributed by atoms with Crippen molar-refractivity contribution in [2.45, 2.75) is 20.4 Å². The maximum atomic E-state index is 12.1. The quantitative estimate of drug-likeness (QED) is 0.868. The fourth-order valence-corrected chi connectivity index (χ4v) is 2.25. The van der Waals surface area contributed by atoms with Crippen molar-refractivity contribution in [3.8, 4) is 0 Å². The van der Waals surface area contributed by atoms with Crippen molar-refractivity contribution < 1.29 is 9.59 Å². The van der Waals surface area contributed by atoms with Crippen LogP contribution in [0.4, 0.5) is 5.13 Å². The Hall–Kier alpha value is -2.29. The zero-order valence-corrected chi connectivity index (χ0v) is 12.1. The van der Waals surface area contributed by atoms with Crippen LogP contribution in [0, 0.1) is 6.92 Å². The minimum absolute atomic E-state index is 0.220. The number of hydrogen-bond donors (Lipinski definition) is 2. The molecule has 2 rings (SSSR count). The zero-order chi connectivity index (χ0) is 14.7. The van der Waals surface area contributed by atoms with Crippen molar-refractivity contribution in [3.05, 3.63) is 22.7 Å². The fourth-order valence-electron chi connectivity index (χ4n) is 1.52. The van der Waals surface area contributed by atoms with Crippen LogP contribution in [0.15, 0.2) is 5.38 Å². The van der Waals surface area contributed by atoms with Crippen LogP contribution in [-0.2, 0) is 11.3 Å². The van der Waals surface area contributed by atoms with Crippen LogP contribution in [0.2, 0.25) is 0 Å². The third-order valence-corrected chi connectivity index (χ3v) is 3.13. The molecule has 2 aromatic heterocycles. The summed E-state index contributed by atoms with van der Waals surface area (Å²) >= 11 is 1.21. The van der Waals surface area contributed by atoms with Gasteiger partial charge >= 0.3 is 0 Å². The van der Waals surface area contributed by atoms with Crippen LogP contribution in [-0.4, -0.2) is 43.9 Å². The number of hydrogen-bond acceptors (Lipinski definition) is 6. The molecule has 0 unspecified atom stereocenters. The number of nitrogens with one attached hydrogen (secondary N) is 2. The van der Waals surface area contributed by atoms with Gasteiger partial charge in [-0.2, -0.15) is 5.10 Å². The first-order chi connectivity index (χ1) is 9.45.